The highest BCUT2D eigenvalue weighted by Gasteiger charge is 2.22. The summed E-state index contributed by atoms with van der Waals surface area (Å²) in [5.74, 6) is 0.611. The molecule has 1 saturated heterocycles. The van der Waals surface area contributed by atoms with Gasteiger partial charge in [-0.1, -0.05) is 11.8 Å². The van der Waals surface area contributed by atoms with Gasteiger partial charge in [-0.15, -0.1) is 0 Å². The molecule has 0 aliphatic carbocycles. The van der Waals surface area contributed by atoms with Crippen LogP contribution in [0, 0.1) is 0 Å². The van der Waals surface area contributed by atoms with E-state index in [-0.39, 0.29) is 0 Å². The maximum atomic E-state index is 5.15. The van der Waals surface area contributed by atoms with Crippen molar-refractivity contribution in [2.45, 2.75) is 10.3 Å². The van der Waals surface area contributed by atoms with Gasteiger partial charge in [-0.25, -0.2) is 4.98 Å². The molecule has 16 heavy (non-hydrogen) atoms. The van der Waals surface area contributed by atoms with Crippen molar-refractivity contribution in [3.8, 4) is 0 Å². The van der Waals surface area contributed by atoms with E-state index in [1.807, 2.05) is 0 Å². The van der Waals surface area contributed by atoms with Crippen molar-refractivity contribution in [2.24, 2.45) is 0 Å². The van der Waals surface area contributed by atoms with Gasteiger partial charge >= 0.3 is 0 Å². The lowest BCUT2D eigenvalue weighted by Crippen LogP contribution is -2.30. The second-order valence-electron chi connectivity index (χ2n) is 3.51. The van der Waals surface area contributed by atoms with Gasteiger partial charge in [0.15, 0.2) is 5.65 Å². The van der Waals surface area contributed by atoms with E-state index in [4.69, 9.17) is 4.74 Å². The molecular weight excluding hydrogens is 226 g/mol. The SMILES string of the molecule is CNc1nc(SC2COC2)c2cn[nH]c2n1. The molecule has 0 spiro atoms. The number of hydrogen-bond donors (Lipinski definition) is 2. The lowest BCUT2D eigenvalue weighted by atomic mass is 10.4. The number of H-pyrrole nitrogens is 1. The molecule has 1 aliphatic rings. The normalized spacial score (nSPS) is 16.3. The monoisotopic (exact) mass is 237 g/mol. The second kappa shape index (κ2) is 3.91. The molecule has 1 aliphatic heterocycles. The summed E-state index contributed by atoms with van der Waals surface area (Å²) in [6, 6.07) is 0. The highest BCUT2D eigenvalue weighted by atomic mass is 32.2. The summed E-state index contributed by atoms with van der Waals surface area (Å²) >= 11 is 1.72. The summed E-state index contributed by atoms with van der Waals surface area (Å²) in [7, 11) is 1.80. The van der Waals surface area contributed by atoms with Crippen LogP contribution in [0.5, 0.6) is 0 Å². The summed E-state index contributed by atoms with van der Waals surface area (Å²) in [4.78, 5) is 8.72. The molecular formula is C9H11N5OS. The molecule has 0 bridgehead atoms. The van der Waals surface area contributed by atoms with Crippen LogP contribution in [0.15, 0.2) is 11.2 Å². The molecule has 2 aromatic heterocycles. The molecule has 0 radical (unpaired) electrons. The molecule has 0 atom stereocenters. The maximum absolute atomic E-state index is 5.15. The number of nitrogens with one attached hydrogen (secondary N) is 2. The van der Waals surface area contributed by atoms with Gasteiger partial charge in [0, 0.05) is 7.05 Å². The highest BCUT2D eigenvalue weighted by molar-refractivity contribution is 8.00. The van der Waals surface area contributed by atoms with Crippen LogP contribution in [0.1, 0.15) is 0 Å². The molecule has 2 aromatic rings. The van der Waals surface area contributed by atoms with Crippen molar-refractivity contribution < 1.29 is 4.74 Å². The summed E-state index contributed by atoms with van der Waals surface area (Å²) in [6.07, 6.45) is 1.76. The Bertz CT molecular complexity index is 510. The van der Waals surface area contributed by atoms with Crippen LogP contribution in [0.25, 0.3) is 11.0 Å². The molecule has 3 rings (SSSR count). The van der Waals surface area contributed by atoms with E-state index in [2.05, 4.69) is 25.5 Å². The van der Waals surface area contributed by atoms with E-state index >= 15 is 0 Å². The zero-order valence-electron chi connectivity index (χ0n) is 8.73. The number of aromatic nitrogens is 4. The molecule has 2 N–H and O–H groups in total. The zero-order valence-corrected chi connectivity index (χ0v) is 9.54. The Morgan fingerprint density at radius 2 is 2.38 bits per heavy atom. The minimum Gasteiger partial charge on any atom is -0.379 e. The van der Waals surface area contributed by atoms with Gasteiger partial charge in [0.1, 0.15) is 5.03 Å². The molecule has 1 fully saturated rings. The third kappa shape index (κ3) is 1.61. The average Bonchev–Trinajstić information content (AvgIpc) is 2.70. The first-order valence-corrected chi connectivity index (χ1v) is 5.88. The number of thioether (sulfide) groups is 1. The summed E-state index contributed by atoms with van der Waals surface area (Å²) < 4.78 is 5.15. The van der Waals surface area contributed by atoms with Crippen molar-refractivity contribution in [3.05, 3.63) is 6.20 Å². The van der Waals surface area contributed by atoms with E-state index in [9.17, 15) is 0 Å². The molecule has 3 heterocycles. The number of ether oxygens (including phenoxy) is 1. The van der Waals surface area contributed by atoms with Crippen LogP contribution in [0.3, 0.4) is 0 Å². The van der Waals surface area contributed by atoms with Gasteiger partial charge in [-0.3, -0.25) is 5.10 Å². The molecule has 6 nitrogen and oxygen atoms in total. The van der Waals surface area contributed by atoms with Crippen molar-refractivity contribution >= 4 is 28.7 Å². The summed E-state index contributed by atoms with van der Waals surface area (Å²) in [6.45, 7) is 1.59. The first-order valence-electron chi connectivity index (χ1n) is 5.00. The minimum atomic E-state index is 0.498. The van der Waals surface area contributed by atoms with Crippen LogP contribution in [0.4, 0.5) is 5.95 Å². The van der Waals surface area contributed by atoms with Gasteiger partial charge in [0.05, 0.1) is 30.0 Å². The quantitative estimate of drug-likeness (QED) is 0.772. The Hall–Kier alpha value is -1.34. The molecule has 0 saturated carbocycles. The Morgan fingerprint density at radius 1 is 1.50 bits per heavy atom. The lowest BCUT2D eigenvalue weighted by molar-refractivity contribution is 0.0455. The summed E-state index contributed by atoms with van der Waals surface area (Å²) in [5, 5.41) is 12.2. The van der Waals surface area contributed by atoms with Crippen LogP contribution in [-0.4, -0.2) is 45.7 Å². The molecule has 7 heteroatoms. The van der Waals surface area contributed by atoms with E-state index < -0.39 is 0 Å². The lowest BCUT2D eigenvalue weighted by Gasteiger charge is -2.24. The van der Waals surface area contributed by atoms with Gasteiger partial charge in [-0.2, -0.15) is 10.1 Å². The predicted octanol–water partition coefficient (Wildman–Crippen LogP) is 0.885. The fourth-order valence-corrected chi connectivity index (χ4v) is 2.51. The zero-order chi connectivity index (χ0) is 11.0. The molecule has 84 valence electrons. The Labute approximate surface area is 96.2 Å². The maximum Gasteiger partial charge on any atom is 0.225 e. The number of fused-ring (bicyclic) bond motifs is 1. The molecule has 0 amide bonds. The number of nitrogens with zero attached hydrogens (tertiary/aromatic N) is 3. The van der Waals surface area contributed by atoms with E-state index in [1.165, 1.54) is 0 Å². The Kier molecular flexibility index (Phi) is 2.41. The molecule has 0 unspecified atom stereocenters. The number of rotatable bonds is 3. The topological polar surface area (TPSA) is 75.7 Å². The summed E-state index contributed by atoms with van der Waals surface area (Å²) in [5.41, 5.74) is 0.766. The highest BCUT2D eigenvalue weighted by Crippen LogP contribution is 2.31. The van der Waals surface area contributed by atoms with Crippen molar-refractivity contribution in [1.82, 2.24) is 20.2 Å². The Balaban J connectivity index is 2.01. The van der Waals surface area contributed by atoms with Crippen molar-refractivity contribution in [1.29, 1.82) is 0 Å². The van der Waals surface area contributed by atoms with Gasteiger partial charge in [-0.05, 0) is 0 Å². The predicted molar refractivity (Wildman–Crippen MR) is 61.7 cm³/mol. The third-order valence-corrected chi connectivity index (χ3v) is 3.52. The average molecular weight is 237 g/mol. The van der Waals surface area contributed by atoms with Gasteiger partial charge in [0.25, 0.3) is 0 Å². The largest absolute Gasteiger partial charge is 0.379 e. The van der Waals surface area contributed by atoms with Gasteiger partial charge in [0.2, 0.25) is 5.95 Å². The van der Waals surface area contributed by atoms with Crippen LogP contribution in [0.2, 0.25) is 0 Å². The number of aromatic amines is 1. The number of hydrogen-bond acceptors (Lipinski definition) is 6. The fraction of sp³-hybridized carbons (Fsp3) is 0.444. The van der Waals surface area contributed by atoms with Crippen LogP contribution >= 0.6 is 11.8 Å². The van der Waals surface area contributed by atoms with E-state index in [0.717, 1.165) is 29.3 Å². The second-order valence-corrected chi connectivity index (χ2v) is 4.80. The standard InChI is InChI=1S/C9H11N5OS/c1-10-9-12-7-6(2-11-14-7)8(13-9)16-5-3-15-4-5/h2,5H,3-4H2,1H3,(H2,10,11,12,13,14). The fourth-order valence-electron chi connectivity index (χ4n) is 1.45. The molecule has 0 aromatic carbocycles. The van der Waals surface area contributed by atoms with Crippen LogP contribution in [-0.2, 0) is 4.74 Å². The number of anilines is 1. The smallest absolute Gasteiger partial charge is 0.225 e. The van der Waals surface area contributed by atoms with Crippen molar-refractivity contribution in [2.75, 3.05) is 25.6 Å². The van der Waals surface area contributed by atoms with E-state index in [1.54, 1.807) is 25.0 Å². The van der Waals surface area contributed by atoms with Gasteiger partial charge < -0.3 is 10.1 Å². The van der Waals surface area contributed by atoms with Crippen LogP contribution < -0.4 is 5.32 Å². The van der Waals surface area contributed by atoms with E-state index in [0.29, 0.717) is 11.2 Å². The Morgan fingerprint density at radius 3 is 3.06 bits per heavy atom. The van der Waals surface area contributed by atoms with Crippen molar-refractivity contribution in [3.63, 3.8) is 0 Å². The first kappa shape index (κ1) is 9.86. The third-order valence-electron chi connectivity index (χ3n) is 2.38. The first-order chi connectivity index (χ1) is 7.86. The minimum absolute atomic E-state index is 0.498.